The summed E-state index contributed by atoms with van der Waals surface area (Å²) in [6, 6.07) is 3.66. The minimum Gasteiger partial charge on any atom is -0.378 e. The van der Waals surface area contributed by atoms with Crippen LogP contribution in [0.15, 0.2) is 18.3 Å². The van der Waals surface area contributed by atoms with Gasteiger partial charge in [0, 0.05) is 26.4 Å². The number of amides is 1. The van der Waals surface area contributed by atoms with Gasteiger partial charge >= 0.3 is 0 Å². The summed E-state index contributed by atoms with van der Waals surface area (Å²) in [5, 5.41) is 0. The Labute approximate surface area is 88.9 Å². The van der Waals surface area contributed by atoms with Crippen LogP contribution in [0, 0.1) is 6.92 Å². The highest BCUT2D eigenvalue weighted by molar-refractivity contribution is 5.92. The number of aromatic nitrogens is 1. The fraction of sp³-hybridized carbons (Fsp3) is 0.455. The van der Waals surface area contributed by atoms with E-state index in [2.05, 4.69) is 4.98 Å². The van der Waals surface area contributed by atoms with E-state index in [9.17, 15) is 4.79 Å². The van der Waals surface area contributed by atoms with E-state index in [0.717, 1.165) is 5.56 Å². The van der Waals surface area contributed by atoms with Crippen LogP contribution in [0.1, 0.15) is 16.1 Å². The molecule has 1 aliphatic rings. The smallest absolute Gasteiger partial charge is 0.272 e. The lowest BCUT2D eigenvalue weighted by atomic mass is 10.1. The van der Waals surface area contributed by atoms with Crippen molar-refractivity contribution >= 4 is 5.91 Å². The highest BCUT2D eigenvalue weighted by Gasteiger charge is 2.31. The monoisotopic (exact) mass is 206 g/mol. The van der Waals surface area contributed by atoms with Crippen molar-refractivity contribution in [2.75, 3.05) is 20.2 Å². The Kier molecular flexibility index (Phi) is 2.68. The third kappa shape index (κ3) is 1.99. The van der Waals surface area contributed by atoms with E-state index in [-0.39, 0.29) is 12.0 Å². The van der Waals surface area contributed by atoms with E-state index in [1.54, 1.807) is 24.3 Å². The maximum atomic E-state index is 11.8. The molecule has 15 heavy (non-hydrogen) atoms. The van der Waals surface area contributed by atoms with Crippen molar-refractivity contribution in [3.05, 3.63) is 29.6 Å². The topological polar surface area (TPSA) is 42.4 Å². The van der Waals surface area contributed by atoms with E-state index in [1.807, 2.05) is 13.0 Å². The molecule has 80 valence electrons. The number of carbonyl (C=O) groups is 1. The van der Waals surface area contributed by atoms with Gasteiger partial charge < -0.3 is 9.64 Å². The molecule has 2 heterocycles. The molecule has 0 bridgehead atoms. The summed E-state index contributed by atoms with van der Waals surface area (Å²) < 4.78 is 5.11. The van der Waals surface area contributed by atoms with Crippen LogP contribution in [0.5, 0.6) is 0 Å². The predicted molar refractivity (Wildman–Crippen MR) is 55.7 cm³/mol. The first kappa shape index (κ1) is 10.1. The number of carbonyl (C=O) groups excluding carboxylic acids is 1. The summed E-state index contributed by atoms with van der Waals surface area (Å²) >= 11 is 0. The largest absolute Gasteiger partial charge is 0.378 e. The number of aryl methyl sites for hydroxylation is 1. The lowest BCUT2D eigenvalue weighted by molar-refractivity contribution is -0.0194. The summed E-state index contributed by atoms with van der Waals surface area (Å²) in [7, 11) is 1.66. The van der Waals surface area contributed by atoms with E-state index in [1.165, 1.54) is 0 Å². The summed E-state index contributed by atoms with van der Waals surface area (Å²) in [4.78, 5) is 17.6. The SMILES string of the molecule is COC1CN(C(=O)c2ccc(C)cn2)C1. The molecule has 0 radical (unpaired) electrons. The number of hydrogen-bond donors (Lipinski definition) is 0. The quantitative estimate of drug-likeness (QED) is 0.720. The van der Waals surface area contributed by atoms with Crippen molar-refractivity contribution in [3.8, 4) is 0 Å². The fourth-order valence-corrected chi connectivity index (χ4v) is 1.51. The van der Waals surface area contributed by atoms with Crippen LogP contribution in [0.25, 0.3) is 0 Å². The van der Waals surface area contributed by atoms with Gasteiger partial charge in [0.2, 0.25) is 0 Å². The fourth-order valence-electron chi connectivity index (χ4n) is 1.51. The Bertz CT molecular complexity index is 355. The van der Waals surface area contributed by atoms with Gasteiger partial charge in [0.25, 0.3) is 5.91 Å². The molecule has 1 saturated heterocycles. The first-order chi connectivity index (χ1) is 7.20. The third-order valence-electron chi connectivity index (χ3n) is 2.60. The Balaban J connectivity index is 2.00. The number of pyridine rings is 1. The molecule has 0 aromatic carbocycles. The minimum absolute atomic E-state index is 0.0108. The summed E-state index contributed by atoms with van der Waals surface area (Å²) in [6.45, 7) is 3.29. The molecule has 1 fully saturated rings. The lowest BCUT2D eigenvalue weighted by Gasteiger charge is -2.37. The molecule has 0 unspecified atom stereocenters. The van der Waals surface area contributed by atoms with Crippen LogP contribution in [0.3, 0.4) is 0 Å². The van der Waals surface area contributed by atoms with Gasteiger partial charge in [-0.05, 0) is 18.6 Å². The maximum Gasteiger partial charge on any atom is 0.272 e. The number of methoxy groups -OCH3 is 1. The number of rotatable bonds is 2. The van der Waals surface area contributed by atoms with Crippen molar-refractivity contribution in [2.45, 2.75) is 13.0 Å². The second-order valence-corrected chi connectivity index (χ2v) is 3.79. The van der Waals surface area contributed by atoms with Gasteiger partial charge in [-0.25, -0.2) is 0 Å². The van der Waals surface area contributed by atoms with Crippen LogP contribution in [-0.2, 0) is 4.74 Å². The first-order valence-electron chi connectivity index (χ1n) is 4.95. The van der Waals surface area contributed by atoms with E-state index >= 15 is 0 Å². The molecule has 0 aliphatic carbocycles. The maximum absolute atomic E-state index is 11.8. The highest BCUT2D eigenvalue weighted by Crippen LogP contribution is 2.14. The normalized spacial score (nSPS) is 16.3. The van der Waals surface area contributed by atoms with Gasteiger partial charge in [0.15, 0.2) is 0 Å². The molecule has 4 heteroatoms. The van der Waals surface area contributed by atoms with Gasteiger partial charge in [-0.15, -0.1) is 0 Å². The van der Waals surface area contributed by atoms with Crippen molar-refractivity contribution in [3.63, 3.8) is 0 Å². The average Bonchev–Trinajstić information content (AvgIpc) is 2.17. The molecule has 2 rings (SSSR count). The molecule has 0 saturated carbocycles. The zero-order chi connectivity index (χ0) is 10.8. The zero-order valence-electron chi connectivity index (χ0n) is 8.93. The number of ether oxygens (including phenoxy) is 1. The van der Waals surface area contributed by atoms with Crippen LogP contribution in [-0.4, -0.2) is 42.1 Å². The highest BCUT2D eigenvalue weighted by atomic mass is 16.5. The molecular weight excluding hydrogens is 192 g/mol. The molecule has 1 aromatic rings. The zero-order valence-corrected chi connectivity index (χ0v) is 8.93. The Morgan fingerprint density at radius 3 is 2.80 bits per heavy atom. The van der Waals surface area contributed by atoms with Gasteiger partial charge in [0.1, 0.15) is 5.69 Å². The second kappa shape index (κ2) is 3.98. The standard InChI is InChI=1S/C11H14N2O2/c1-8-3-4-10(12-5-8)11(14)13-6-9(7-13)15-2/h3-5,9H,6-7H2,1-2H3. The lowest BCUT2D eigenvalue weighted by Crippen LogP contribution is -2.54. The van der Waals surface area contributed by atoms with E-state index in [4.69, 9.17) is 4.74 Å². The molecule has 0 spiro atoms. The van der Waals surface area contributed by atoms with E-state index in [0.29, 0.717) is 18.8 Å². The first-order valence-corrected chi connectivity index (χ1v) is 4.95. The van der Waals surface area contributed by atoms with Gasteiger partial charge in [-0.1, -0.05) is 6.07 Å². The van der Waals surface area contributed by atoms with Gasteiger partial charge in [-0.3, -0.25) is 9.78 Å². The summed E-state index contributed by atoms with van der Waals surface area (Å²) in [5.74, 6) is -0.0108. The second-order valence-electron chi connectivity index (χ2n) is 3.79. The van der Waals surface area contributed by atoms with Gasteiger partial charge in [-0.2, -0.15) is 0 Å². The molecular formula is C11H14N2O2. The van der Waals surface area contributed by atoms with Crippen molar-refractivity contribution in [2.24, 2.45) is 0 Å². The number of hydrogen-bond acceptors (Lipinski definition) is 3. The summed E-state index contributed by atoms with van der Waals surface area (Å²) in [5.41, 5.74) is 1.57. The van der Waals surface area contributed by atoms with Crippen molar-refractivity contribution < 1.29 is 9.53 Å². The summed E-state index contributed by atoms with van der Waals surface area (Å²) in [6.07, 6.45) is 1.90. The molecule has 1 aromatic heterocycles. The average molecular weight is 206 g/mol. The van der Waals surface area contributed by atoms with Crippen LogP contribution in [0.2, 0.25) is 0 Å². The molecule has 0 atom stereocenters. The number of nitrogens with zero attached hydrogens (tertiary/aromatic N) is 2. The number of likely N-dealkylation sites (tertiary alicyclic amines) is 1. The molecule has 1 aliphatic heterocycles. The molecule has 1 amide bonds. The van der Waals surface area contributed by atoms with Crippen LogP contribution < -0.4 is 0 Å². The molecule has 4 nitrogen and oxygen atoms in total. The minimum atomic E-state index is -0.0108. The molecule has 0 N–H and O–H groups in total. The Hall–Kier alpha value is -1.42. The Morgan fingerprint density at radius 1 is 1.53 bits per heavy atom. The Morgan fingerprint density at radius 2 is 2.27 bits per heavy atom. The predicted octanol–water partition coefficient (Wildman–Crippen LogP) is 0.861. The van der Waals surface area contributed by atoms with Gasteiger partial charge in [0.05, 0.1) is 6.10 Å². The van der Waals surface area contributed by atoms with Crippen LogP contribution >= 0.6 is 0 Å². The van der Waals surface area contributed by atoms with Crippen molar-refractivity contribution in [1.82, 2.24) is 9.88 Å². The third-order valence-corrected chi connectivity index (χ3v) is 2.60. The van der Waals surface area contributed by atoms with Crippen molar-refractivity contribution in [1.29, 1.82) is 0 Å². The van der Waals surface area contributed by atoms with E-state index < -0.39 is 0 Å². The van der Waals surface area contributed by atoms with Crippen LogP contribution in [0.4, 0.5) is 0 Å².